The van der Waals surface area contributed by atoms with Gasteiger partial charge in [-0.05, 0) is 34.6 Å². The second kappa shape index (κ2) is 5.20. The van der Waals surface area contributed by atoms with Gasteiger partial charge in [0, 0.05) is 6.07 Å². The number of aryl methyl sites for hydroxylation is 1. The molecule has 6 nitrogen and oxygen atoms in total. The molecule has 0 saturated heterocycles. The first kappa shape index (κ1) is 14.2. The summed E-state index contributed by atoms with van der Waals surface area (Å²) in [6.45, 7) is 8.55. The number of hydrogen-bond donors (Lipinski definition) is 1. The molecule has 0 saturated carbocycles. The molecular weight excluding hydrogens is 236 g/mol. The van der Waals surface area contributed by atoms with Crippen LogP contribution in [0.2, 0.25) is 0 Å². The lowest BCUT2D eigenvalue weighted by atomic mass is 10.2. The molecule has 0 radical (unpaired) electrons. The Labute approximate surface area is 106 Å². The molecule has 1 N–H and O–H groups in total. The lowest BCUT2D eigenvalue weighted by Crippen LogP contribution is -2.42. The number of nitrogens with zero attached hydrogens (tertiary/aromatic N) is 1. The zero-order chi connectivity index (χ0) is 13.9. The molecule has 1 aromatic rings. The van der Waals surface area contributed by atoms with E-state index in [0.717, 1.165) is 0 Å². The quantitative estimate of drug-likeness (QED) is 0.825. The molecule has 0 aromatic carbocycles. The molecule has 0 unspecified atom stereocenters. The van der Waals surface area contributed by atoms with Gasteiger partial charge in [0.15, 0.2) is 0 Å². The third-order valence-electron chi connectivity index (χ3n) is 1.96. The van der Waals surface area contributed by atoms with Gasteiger partial charge in [0.05, 0.1) is 5.69 Å². The minimum absolute atomic E-state index is 0.0721. The summed E-state index contributed by atoms with van der Waals surface area (Å²) in [5.41, 5.74) is 0.0175. The van der Waals surface area contributed by atoms with Crippen molar-refractivity contribution in [3.05, 3.63) is 17.5 Å². The van der Waals surface area contributed by atoms with E-state index in [4.69, 9.17) is 9.26 Å². The third-order valence-corrected chi connectivity index (χ3v) is 1.96. The van der Waals surface area contributed by atoms with E-state index in [-0.39, 0.29) is 5.76 Å². The van der Waals surface area contributed by atoms with Crippen LogP contribution in [0.15, 0.2) is 10.6 Å². The van der Waals surface area contributed by atoms with Crippen LogP contribution in [-0.4, -0.2) is 28.7 Å². The molecule has 1 aromatic heterocycles. The van der Waals surface area contributed by atoms with E-state index in [9.17, 15) is 9.59 Å². The van der Waals surface area contributed by atoms with Gasteiger partial charge in [-0.2, -0.15) is 0 Å². The summed E-state index contributed by atoms with van der Waals surface area (Å²) in [6.07, 6.45) is 0. The molecule has 0 spiro atoms. The monoisotopic (exact) mass is 254 g/mol. The fourth-order valence-electron chi connectivity index (χ4n) is 1.19. The minimum Gasteiger partial charge on any atom is -0.458 e. The van der Waals surface area contributed by atoms with Gasteiger partial charge in [0.1, 0.15) is 11.6 Å². The summed E-state index contributed by atoms with van der Waals surface area (Å²) in [5.74, 6) is -0.913. The van der Waals surface area contributed by atoms with Gasteiger partial charge in [0.2, 0.25) is 5.76 Å². The first-order valence-electron chi connectivity index (χ1n) is 5.66. The predicted molar refractivity (Wildman–Crippen MR) is 64.0 cm³/mol. The summed E-state index contributed by atoms with van der Waals surface area (Å²) in [4.78, 5) is 23.3. The Hall–Kier alpha value is -1.85. The number of amides is 1. The second-order valence-electron chi connectivity index (χ2n) is 5.06. The van der Waals surface area contributed by atoms with E-state index in [0.29, 0.717) is 5.69 Å². The Morgan fingerprint density at radius 1 is 1.44 bits per heavy atom. The van der Waals surface area contributed by atoms with Crippen LogP contribution in [0.5, 0.6) is 0 Å². The van der Waals surface area contributed by atoms with E-state index >= 15 is 0 Å². The fraction of sp³-hybridized carbons (Fsp3) is 0.583. The summed E-state index contributed by atoms with van der Waals surface area (Å²) < 4.78 is 9.94. The lowest BCUT2D eigenvalue weighted by Gasteiger charge is -2.22. The van der Waals surface area contributed by atoms with Crippen LogP contribution in [0.4, 0.5) is 0 Å². The van der Waals surface area contributed by atoms with Crippen LogP contribution in [0.1, 0.15) is 43.9 Å². The first-order chi connectivity index (χ1) is 8.19. The van der Waals surface area contributed by atoms with Crippen LogP contribution in [0.25, 0.3) is 0 Å². The maximum atomic E-state index is 11.7. The van der Waals surface area contributed by atoms with Crippen molar-refractivity contribution in [2.24, 2.45) is 0 Å². The zero-order valence-corrected chi connectivity index (χ0v) is 11.2. The number of aromatic nitrogens is 1. The van der Waals surface area contributed by atoms with Crippen molar-refractivity contribution < 1.29 is 18.8 Å². The van der Waals surface area contributed by atoms with Gasteiger partial charge in [-0.3, -0.25) is 4.79 Å². The molecule has 1 amide bonds. The molecule has 0 bridgehead atoms. The van der Waals surface area contributed by atoms with Crippen molar-refractivity contribution in [2.75, 3.05) is 0 Å². The molecule has 0 aliphatic carbocycles. The Balaban J connectivity index is 2.57. The number of rotatable bonds is 3. The van der Waals surface area contributed by atoms with Gasteiger partial charge >= 0.3 is 5.97 Å². The van der Waals surface area contributed by atoms with Crippen molar-refractivity contribution in [1.29, 1.82) is 0 Å². The summed E-state index contributed by atoms with van der Waals surface area (Å²) in [5, 5.41) is 6.08. The summed E-state index contributed by atoms with van der Waals surface area (Å²) in [6, 6.07) is 0.749. The highest BCUT2D eigenvalue weighted by Crippen LogP contribution is 2.09. The van der Waals surface area contributed by atoms with E-state index in [1.54, 1.807) is 34.6 Å². The van der Waals surface area contributed by atoms with Crippen molar-refractivity contribution in [3.8, 4) is 0 Å². The number of ether oxygens (including phenoxy) is 1. The van der Waals surface area contributed by atoms with E-state index in [1.807, 2.05) is 0 Å². The molecule has 0 aliphatic rings. The maximum absolute atomic E-state index is 11.7. The van der Waals surface area contributed by atoms with Gasteiger partial charge in [0.25, 0.3) is 5.91 Å². The molecule has 6 heteroatoms. The first-order valence-corrected chi connectivity index (χ1v) is 5.66. The van der Waals surface area contributed by atoms with Gasteiger partial charge in [-0.25, -0.2) is 4.79 Å². The number of carbonyl (C=O) groups excluding carboxylic acids is 2. The zero-order valence-electron chi connectivity index (χ0n) is 11.2. The number of nitrogens with one attached hydrogen (secondary N) is 1. The maximum Gasteiger partial charge on any atom is 0.328 e. The fourth-order valence-corrected chi connectivity index (χ4v) is 1.19. The van der Waals surface area contributed by atoms with Crippen LogP contribution in [-0.2, 0) is 9.53 Å². The van der Waals surface area contributed by atoms with Crippen molar-refractivity contribution in [2.45, 2.75) is 46.3 Å². The average Bonchev–Trinajstić information content (AvgIpc) is 2.62. The minimum atomic E-state index is -0.748. The van der Waals surface area contributed by atoms with Crippen molar-refractivity contribution in [3.63, 3.8) is 0 Å². The number of hydrogen-bond acceptors (Lipinski definition) is 5. The smallest absolute Gasteiger partial charge is 0.328 e. The number of carbonyl (C=O) groups is 2. The predicted octanol–water partition coefficient (Wildman–Crippen LogP) is 1.44. The molecule has 1 rings (SSSR count). The molecule has 100 valence electrons. The SMILES string of the molecule is Cc1cc(C(=O)N[C@@H](C)C(=O)OC(C)(C)C)on1. The standard InChI is InChI=1S/C12H18N2O4/c1-7-6-9(18-14-7)10(15)13-8(2)11(16)17-12(3,4)5/h6,8H,1-5H3,(H,13,15)/t8-/m0/s1. The molecule has 0 fully saturated rings. The van der Waals surface area contributed by atoms with Gasteiger partial charge in [-0.1, -0.05) is 5.16 Å². The molecule has 0 aliphatic heterocycles. The van der Waals surface area contributed by atoms with Crippen LogP contribution < -0.4 is 5.32 Å². The average molecular weight is 254 g/mol. The Bertz CT molecular complexity index is 445. The largest absolute Gasteiger partial charge is 0.458 e. The summed E-state index contributed by atoms with van der Waals surface area (Å²) in [7, 11) is 0. The normalized spacial score (nSPS) is 12.9. The molecular formula is C12H18N2O4. The number of esters is 1. The van der Waals surface area contributed by atoms with E-state index in [1.165, 1.54) is 6.07 Å². The van der Waals surface area contributed by atoms with Gasteiger partial charge < -0.3 is 14.6 Å². The van der Waals surface area contributed by atoms with E-state index in [2.05, 4.69) is 10.5 Å². The Morgan fingerprint density at radius 3 is 2.50 bits per heavy atom. The second-order valence-corrected chi connectivity index (χ2v) is 5.06. The van der Waals surface area contributed by atoms with Crippen molar-refractivity contribution in [1.82, 2.24) is 10.5 Å². The summed E-state index contributed by atoms with van der Waals surface area (Å²) >= 11 is 0. The highest BCUT2D eigenvalue weighted by Gasteiger charge is 2.24. The highest BCUT2D eigenvalue weighted by molar-refractivity contribution is 5.94. The Kier molecular flexibility index (Phi) is 4.11. The Morgan fingerprint density at radius 2 is 2.06 bits per heavy atom. The van der Waals surface area contributed by atoms with Crippen LogP contribution in [0, 0.1) is 6.92 Å². The third kappa shape index (κ3) is 4.20. The highest BCUT2D eigenvalue weighted by atomic mass is 16.6. The lowest BCUT2D eigenvalue weighted by molar-refractivity contribution is -0.156. The molecule has 1 heterocycles. The van der Waals surface area contributed by atoms with Crippen LogP contribution >= 0.6 is 0 Å². The molecule has 1 atom stereocenters. The van der Waals surface area contributed by atoms with Crippen LogP contribution in [0.3, 0.4) is 0 Å². The van der Waals surface area contributed by atoms with Crippen molar-refractivity contribution >= 4 is 11.9 Å². The topological polar surface area (TPSA) is 81.4 Å². The molecule has 18 heavy (non-hydrogen) atoms. The van der Waals surface area contributed by atoms with E-state index < -0.39 is 23.5 Å². The van der Waals surface area contributed by atoms with Gasteiger partial charge in [-0.15, -0.1) is 0 Å².